The average Bonchev–Trinajstić information content (AvgIpc) is 3.12. The molecule has 7 heteroatoms. The van der Waals surface area contributed by atoms with Gasteiger partial charge in [0, 0.05) is 42.8 Å². The fraction of sp³-hybridized carbons (Fsp3) is 0.312. The Morgan fingerprint density at radius 3 is 3.04 bits per heavy atom. The van der Waals surface area contributed by atoms with Crippen molar-refractivity contribution in [2.75, 3.05) is 6.54 Å². The van der Waals surface area contributed by atoms with E-state index in [1.54, 1.807) is 4.68 Å². The van der Waals surface area contributed by atoms with Crippen LogP contribution in [0.4, 0.5) is 0 Å². The summed E-state index contributed by atoms with van der Waals surface area (Å²) in [7, 11) is 1.87. The number of nitrogens with one attached hydrogen (secondary N) is 1. The van der Waals surface area contributed by atoms with Gasteiger partial charge in [-0.3, -0.25) is 9.36 Å². The molecule has 0 amide bonds. The minimum Gasteiger partial charge on any atom is -0.312 e. The normalized spacial score (nSPS) is 14.0. The molecule has 0 fully saturated rings. The zero-order chi connectivity index (χ0) is 15.8. The summed E-state index contributed by atoms with van der Waals surface area (Å²) in [5, 5.41) is 17.2. The van der Waals surface area contributed by atoms with Crippen LogP contribution in [0.1, 0.15) is 16.8 Å². The molecule has 118 valence electrons. The summed E-state index contributed by atoms with van der Waals surface area (Å²) in [6.45, 7) is 2.49. The molecule has 0 spiro atoms. The second-order valence-corrected chi connectivity index (χ2v) is 6.20. The Kier molecular flexibility index (Phi) is 3.63. The van der Waals surface area contributed by atoms with Crippen LogP contribution in [0.5, 0.6) is 0 Å². The number of nitrogens with zero attached hydrogens (tertiary/aromatic N) is 5. The molecule has 3 aromatic rings. The maximum absolute atomic E-state index is 6.10. The standard InChI is InChI=1S/C16H17ClN6/c1-22-10-14(19-21-22)16-13-8-18-6-5-15(13)23(20-16)9-11-3-2-4-12(17)7-11/h2-4,7,10,18H,5-6,8-9H2,1H3. The fourth-order valence-electron chi connectivity index (χ4n) is 3.02. The van der Waals surface area contributed by atoms with Crippen molar-refractivity contribution in [1.82, 2.24) is 30.1 Å². The third-order valence-electron chi connectivity index (χ3n) is 4.07. The van der Waals surface area contributed by atoms with E-state index in [-0.39, 0.29) is 0 Å². The number of aromatic nitrogens is 5. The fourth-order valence-corrected chi connectivity index (χ4v) is 3.23. The molecule has 0 saturated carbocycles. The first kappa shape index (κ1) is 14.4. The number of halogens is 1. The van der Waals surface area contributed by atoms with Gasteiger partial charge in [-0.1, -0.05) is 28.9 Å². The van der Waals surface area contributed by atoms with E-state index in [9.17, 15) is 0 Å². The minimum absolute atomic E-state index is 0.711. The van der Waals surface area contributed by atoms with Gasteiger partial charge in [-0.2, -0.15) is 5.10 Å². The molecule has 1 aliphatic heterocycles. The van der Waals surface area contributed by atoms with Crippen LogP contribution in [-0.4, -0.2) is 31.3 Å². The third kappa shape index (κ3) is 2.75. The largest absolute Gasteiger partial charge is 0.312 e. The quantitative estimate of drug-likeness (QED) is 0.799. The van der Waals surface area contributed by atoms with E-state index in [1.807, 2.05) is 31.4 Å². The summed E-state index contributed by atoms with van der Waals surface area (Å²) in [5.41, 5.74) is 5.37. The molecule has 0 saturated heterocycles. The van der Waals surface area contributed by atoms with Crippen molar-refractivity contribution in [1.29, 1.82) is 0 Å². The molecule has 0 unspecified atom stereocenters. The zero-order valence-electron chi connectivity index (χ0n) is 12.8. The summed E-state index contributed by atoms with van der Waals surface area (Å²) in [6, 6.07) is 7.92. The van der Waals surface area contributed by atoms with Crippen LogP contribution in [0.25, 0.3) is 11.4 Å². The molecule has 0 atom stereocenters. The lowest BCUT2D eigenvalue weighted by Gasteiger charge is -2.15. The maximum Gasteiger partial charge on any atom is 0.133 e. The van der Waals surface area contributed by atoms with Gasteiger partial charge in [-0.15, -0.1) is 5.10 Å². The highest BCUT2D eigenvalue weighted by Crippen LogP contribution is 2.27. The number of aryl methyl sites for hydroxylation is 1. The molecule has 6 nitrogen and oxygen atoms in total. The Morgan fingerprint density at radius 1 is 1.35 bits per heavy atom. The Balaban J connectivity index is 1.76. The molecular weight excluding hydrogens is 312 g/mol. The smallest absolute Gasteiger partial charge is 0.133 e. The molecule has 23 heavy (non-hydrogen) atoms. The van der Waals surface area contributed by atoms with Gasteiger partial charge in [0.25, 0.3) is 0 Å². The van der Waals surface area contributed by atoms with Crippen molar-refractivity contribution in [3.05, 3.63) is 52.3 Å². The SMILES string of the molecule is Cn1cc(-c2nn(Cc3cccc(Cl)c3)c3c2CNCC3)nn1. The highest BCUT2D eigenvalue weighted by Gasteiger charge is 2.23. The summed E-state index contributed by atoms with van der Waals surface area (Å²) >= 11 is 6.10. The third-order valence-corrected chi connectivity index (χ3v) is 4.31. The lowest BCUT2D eigenvalue weighted by Crippen LogP contribution is -2.25. The first-order valence-electron chi connectivity index (χ1n) is 7.61. The summed E-state index contributed by atoms with van der Waals surface area (Å²) in [5.74, 6) is 0. The van der Waals surface area contributed by atoms with Crippen LogP contribution in [0.15, 0.2) is 30.5 Å². The van der Waals surface area contributed by atoms with Crippen molar-refractivity contribution >= 4 is 11.6 Å². The highest BCUT2D eigenvalue weighted by molar-refractivity contribution is 6.30. The van der Waals surface area contributed by atoms with Gasteiger partial charge in [0.2, 0.25) is 0 Å². The lowest BCUT2D eigenvalue weighted by molar-refractivity contribution is 0.582. The summed E-state index contributed by atoms with van der Waals surface area (Å²) in [6.07, 6.45) is 2.87. The van der Waals surface area contributed by atoms with Crippen molar-refractivity contribution < 1.29 is 0 Å². The molecule has 4 rings (SSSR count). The van der Waals surface area contributed by atoms with Crippen LogP contribution in [0, 0.1) is 0 Å². The van der Waals surface area contributed by atoms with Crippen LogP contribution >= 0.6 is 11.6 Å². The van der Waals surface area contributed by atoms with E-state index < -0.39 is 0 Å². The van der Waals surface area contributed by atoms with Crippen LogP contribution < -0.4 is 5.32 Å². The first-order chi connectivity index (χ1) is 11.2. The van der Waals surface area contributed by atoms with E-state index >= 15 is 0 Å². The van der Waals surface area contributed by atoms with Crippen molar-refractivity contribution in [2.45, 2.75) is 19.5 Å². The number of hydrogen-bond donors (Lipinski definition) is 1. The van der Waals surface area contributed by atoms with Gasteiger partial charge in [-0.25, -0.2) is 0 Å². The minimum atomic E-state index is 0.711. The average molecular weight is 329 g/mol. The molecule has 1 aromatic carbocycles. The first-order valence-corrected chi connectivity index (χ1v) is 7.99. The summed E-state index contributed by atoms with van der Waals surface area (Å²) in [4.78, 5) is 0. The van der Waals surface area contributed by atoms with Gasteiger partial charge in [0.1, 0.15) is 11.4 Å². The predicted molar refractivity (Wildman–Crippen MR) is 88.2 cm³/mol. The lowest BCUT2D eigenvalue weighted by atomic mass is 10.1. The van der Waals surface area contributed by atoms with Gasteiger partial charge >= 0.3 is 0 Å². The van der Waals surface area contributed by atoms with Crippen LogP contribution in [-0.2, 0) is 26.6 Å². The zero-order valence-corrected chi connectivity index (χ0v) is 13.6. The van der Waals surface area contributed by atoms with Gasteiger partial charge in [-0.05, 0) is 17.7 Å². The van der Waals surface area contributed by atoms with Gasteiger partial charge in [0.05, 0.1) is 12.7 Å². The van der Waals surface area contributed by atoms with E-state index in [4.69, 9.17) is 16.7 Å². The monoisotopic (exact) mass is 328 g/mol. The molecule has 1 aliphatic rings. The van der Waals surface area contributed by atoms with Crippen LogP contribution in [0.2, 0.25) is 5.02 Å². The van der Waals surface area contributed by atoms with Crippen molar-refractivity contribution in [3.63, 3.8) is 0 Å². The molecule has 2 aromatic heterocycles. The number of hydrogen-bond acceptors (Lipinski definition) is 4. The highest BCUT2D eigenvalue weighted by atomic mass is 35.5. The van der Waals surface area contributed by atoms with Gasteiger partial charge < -0.3 is 5.32 Å². The predicted octanol–water partition coefficient (Wildman–Crippen LogP) is 2.03. The second-order valence-electron chi connectivity index (χ2n) is 5.77. The molecule has 0 aliphatic carbocycles. The van der Waals surface area contributed by atoms with E-state index in [1.165, 1.54) is 11.3 Å². The molecule has 0 radical (unpaired) electrons. The van der Waals surface area contributed by atoms with E-state index in [0.717, 1.165) is 41.5 Å². The Hall–Kier alpha value is -2.18. The van der Waals surface area contributed by atoms with E-state index in [2.05, 4.69) is 26.4 Å². The van der Waals surface area contributed by atoms with Crippen molar-refractivity contribution in [2.24, 2.45) is 7.05 Å². The Morgan fingerprint density at radius 2 is 2.26 bits per heavy atom. The molecule has 1 N–H and O–H groups in total. The number of rotatable bonds is 3. The summed E-state index contributed by atoms with van der Waals surface area (Å²) < 4.78 is 3.78. The molecular formula is C16H17ClN6. The second kappa shape index (κ2) is 5.79. The van der Waals surface area contributed by atoms with Crippen LogP contribution in [0.3, 0.4) is 0 Å². The molecule has 0 bridgehead atoms. The topological polar surface area (TPSA) is 60.6 Å². The maximum atomic E-state index is 6.10. The number of fused-ring (bicyclic) bond motifs is 1. The van der Waals surface area contributed by atoms with Crippen molar-refractivity contribution in [3.8, 4) is 11.4 Å². The van der Waals surface area contributed by atoms with E-state index in [0.29, 0.717) is 6.54 Å². The Bertz CT molecular complexity index is 850. The molecule has 3 heterocycles. The Labute approximate surface area is 139 Å². The van der Waals surface area contributed by atoms with Gasteiger partial charge in [0.15, 0.2) is 0 Å². The number of benzene rings is 1.